The summed E-state index contributed by atoms with van der Waals surface area (Å²) in [5, 5.41) is 3.70. The first-order valence-corrected chi connectivity index (χ1v) is 6.58. The average molecular weight is 305 g/mol. The third-order valence-corrected chi connectivity index (χ3v) is 3.80. The fourth-order valence-electron chi connectivity index (χ4n) is 2.89. The molecule has 0 radical (unpaired) electrons. The molecule has 2 bridgehead atoms. The third-order valence-electron chi connectivity index (χ3n) is 3.80. The average Bonchev–Trinajstić information content (AvgIpc) is 2.91. The van der Waals surface area contributed by atoms with Crippen molar-refractivity contribution in [2.45, 2.75) is 31.3 Å². The molecule has 5 heteroatoms. The van der Waals surface area contributed by atoms with Crippen molar-refractivity contribution in [3.05, 3.63) is 30.2 Å². The van der Waals surface area contributed by atoms with Gasteiger partial charge in [-0.25, -0.2) is 0 Å². The summed E-state index contributed by atoms with van der Waals surface area (Å²) in [6, 6.07) is 5.41. The van der Waals surface area contributed by atoms with Crippen LogP contribution in [0.15, 0.2) is 28.9 Å². The van der Waals surface area contributed by atoms with Gasteiger partial charge in [0.25, 0.3) is 0 Å². The van der Waals surface area contributed by atoms with E-state index in [1.54, 1.807) is 6.26 Å². The van der Waals surface area contributed by atoms with Crippen LogP contribution in [-0.4, -0.2) is 36.6 Å². The number of likely N-dealkylation sites (tertiary alicyclic amines) is 1. The van der Waals surface area contributed by atoms with Crippen LogP contribution in [0.3, 0.4) is 0 Å². The fraction of sp³-hybridized carbons (Fsp3) is 0.571. The molecular formula is C14H22Cl2N2O. The van der Waals surface area contributed by atoms with Gasteiger partial charge in [0.2, 0.25) is 0 Å². The van der Waals surface area contributed by atoms with E-state index in [4.69, 9.17) is 4.42 Å². The van der Waals surface area contributed by atoms with Gasteiger partial charge in [-0.15, -0.1) is 24.8 Å². The number of fused-ring (bicyclic) bond motifs is 2. The number of furan rings is 1. The predicted octanol–water partition coefficient (Wildman–Crippen LogP) is 2.96. The smallest absolute Gasteiger partial charge is 0.126 e. The van der Waals surface area contributed by atoms with Gasteiger partial charge >= 0.3 is 0 Å². The maximum Gasteiger partial charge on any atom is 0.126 e. The van der Waals surface area contributed by atoms with E-state index in [1.165, 1.54) is 32.4 Å². The lowest BCUT2D eigenvalue weighted by atomic mass is 10.1. The van der Waals surface area contributed by atoms with Crippen molar-refractivity contribution in [1.29, 1.82) is 0 Å². The first-order chi connectivity index (χ1) is 8.40. The first kappa shape index (κ1) is 16.6. The van der Waals surface area contributed by atoms with Gasteiger partial charge in [0.1, 0.15) is 5.76 Å². The number of hydrogen-bond acceptors (Lipinski definition) is 3. The summed E-state index contributed by atoms with van der Waals surface area (Å²) in [7, 11) is 0. The second-order valence-corrected chi connectivity index (χ2v) is 5.10. The molecule has 3 rings (SSSR count). The van der Waals surface area contributed by atoms with Gasteiger partial charge in [-0.2, -0.15) is 0 Å². The normalized spacial score (nSPS) is 26.7. The molecular weight excluding hydrogens is 283 g/mol. The minimum atomic E-state index is 0. The van der Waals surface area contributed by atoms with E-state index in [2.05, 4.69) is 22.4 Å². The van der Waals surface area contributed by atoms with Gasteiger partial charge in [0, 0.05) is 31.7 Å². The van der Waals surface area contributed by atoms with E-state index in [9.17, 15) is 0 Å². The highest BCUT2D eigenvalue weighted by atomic mass is 35.5. The van der Waals surface area contributed by atoms with Crippen molar-refractivity contribution in [3.63, 3.8) is 0 Å². The van der Waals surface area contributed by atoms with Gasteiger partial charge in [0.05, 0.1) is 6.26 Å². The molecule has 0 aromatic carbocycles. The summed E-state index contributed by atoms with van der Waals surface area (Å²) < 4.78 is 5.28. The minimum absolute atomic E-state index is 0. The number of nitrogens with zero attached hydrogens (tertiary/aromatic N) is 1. The van der Waals surface area contributed by atoms with Gasteiger partial charge in [0.15, 0.2) is 0 Å². The van der Waals surface area contributed by atoms with Crippen LogP contribution in [-0.2, 0) is 0 Å². The molecule has 1 aromatic rings. The zero-order chi connectivity index (χ0) is 11.5. The van der Waals surface area contributed by atoms with Gasteiger partial charge < -0.3 is 9.73 Å². The summed E-state index contributed by atoms with van der Waals surface area (Å²) in [5.41, 5.74) is 0. The molecule has 0 saturated carbocycles. The first-order valence-electron chi connectivity index (χ1n) is 6.58. The second kappa shape index (κ2) is 7.95. The zero-order valence-corrected chi connectivity index (χ0v) is 12.6. The molecule has 2 aliphatic rings. The van der Waals surface area contributed by atoms with Crippen molar-refractivity contribution in [2.24, 2.45) is 0 Å². The Kier molecular flexibility index (Phi) is 6.94. The molecule has 2 atom stereocenters. The molecule has 1 N–H and O–H groups in total. The van der Waals surface area contributed by atoms with E-state index >= 15 is 0 Å². The highest BCUT2D eigenvalue weighted by molar-refractivity contribution is 5.85. The molecule has 3 heterocycles. The minimum Gasteiger partial charge on any atom is -0.465 e. The van der Waals surface area contributed by atoms with Crippen LogP contribution in [0.4, 0.5) is 0 Å². The number of rotatable bonds is 3. The largest absolute Gasteiger partial charge is 0.465 e. The molecule has 1 aromatic heterocycles. The SMILES string of the molecule is C(=C\c1ccco1)/CN1CC[C@H]2CC[C@@H](C1)N2.Cl.Cl. The summed E-state index contributed by atoms with van der Waals surface area (Å²) in [6.45, 7) is 3.45. The van der Waals surface area contributed by atoms with Crippen LogP contribution in [0.2, 0.25) is 0 Å². The van der Waals surface area contributed by atoms with Crippen molar-refractivity contribution in [3.8, 4) is 0 Å². The lowest BCUT2D eigenvalue weighted by Crippen LogP contribution is -2.35. The summed E-state index contributed by atoms with van der Waals surface area (Å²) in [6.07, 6.45) is 10.0. The Bertz CT molecular complexity index is 381. The standard InChI is InChI=1S/C14H20N2O.2ClH/c1(3-14-4-2-10-17-14)8-16-9-7-12-5-6-13(11-16)15-12;;/h1-4,10,12-13,15H,5-9,11H2;2*1H/b3-1+;;/t12-,13+;;/m1../s1. The maximum atomic E-state index is 5.28. The van der Waals surface area contributed by atoms with Crippen molar-refractivity contribution < 1.29 is 4.42 Å². The molecule has 0 aliphatic carbocycles. The molecule has 0 unspecified atom stereocenters. The lowest BCUT2D eigenvalue weighted by molar-refractivity contribution is 0.285. The Morgan fingerprint density at radius 1 is 1.26 bits per heavy atom. The molecule has 2 saturated heterocycles. The molecule has 2 aliphatic heterocycles. The lowest BCUT2D eigenvalue weighted by Gasteiger charge is -2.22. The van der Waals surface area contributed by atoms with Crippen LogP contribution in [0.25, 0.3) is 6.08 Å². The summed E-state index contributed by atoms with van der Waals surface area (Å²) in [5.74, 6) is 0.944. The summed E-state index contributed by atoms with van der Waals surface area (Å²) in [4.78, 5) is 2.54. The fourth-order valence-corrected chi connectivity index (χ4v) is 2.89. The topological polar surface area (TPSA) is 28.4 Å². The van der Waals surface area contributed by atoms with Crippen molar-refractivity contribution in [1.82, 2.24) is 10.2 Å². The second-order valence-electron chi connectivity index (χ2n) is 5.10. The molecule has 0 amide bonds. The van der Waals surface area contributed by atoms with Crippen LogP contribution in [0.5, 0.6) is 0 Å². The third kappa shape index (κ3) is 4.53. The van der Waals surface area contributed by atoms with Crippen LogP contribution < -0.4 is 5.32 Å². The number of halogens is 2. The van der Waals surface area contributed by atoms with Crippen molar-refractivity contribution in [2.75, 3.05) is 19.6 Å². The molecule has 3 nitrogen and oxygen atoms in total. The van der Waals surface area contributed by atoms with Crippen LogP contribution in [0.1, 0.15) is 25.0 Å². The van der Waals surface area contributed by atoms with E-state index in [0.29, 0.717) is 0 Å². The Hall–Kier alpha value is -0.480. The summed E-state index contributed by atoms with van der Waals surface area (Å²) >= 11 is 0. The van der Waals surface area contributed by atoms with Gasteiger partial charge in [-0.1, -0.05) is 6.08 Å². The van der Waals surface area contributed by atoms with Gasteiger partial charge in [-0.05, 0) is 37.5 Å². The predicted molar refractivity (Wildman–Crippen MR) is 83.2 cm³/mol. The Morgan fingerprint density at radius 3 is 2.89 bits per heavy atom. The molecule has 108 valence electrons. The molecule has 19 heavy (non-hydrogen) atoms. The Balaban J connectivity index is 0.000000902. The molecule has 0 spiro atoms. The van der Waals surface area contributed by atoms with E-state index in [0.717, 1.165) is 24.4 Å². The van der Waals surface area contributed by atoms with Gasteiger partial charge in [-0.3, -0.25) is 4.90 Å². The van der Waals surface area contributed by atoms with E-state index in [-0.39, 0.29) is 24.8 Å². The Morgan fingerprint density at radius 2 is 2.11 bits per heavy atom. The van der Waals surface area contributed by atoms with Crippen LogP contribution in [0, 0.1) is 0 Å². The quantitative estimate of drug-likeness (QED) is 0.930. The highest BCUT2D eigenvalue weighted by Crippen LogP contribution is 2.20. The van der Waals surface area contributed by atoms with E-state index in [1.807, 2.05) is 12.1 Å². The van der Waals surface area contributed by atoms with E-state index < -0.39 is 0 Å². The maximum absolute atomic E-state index is 5.28. The van der Waals surface area contributed by atoms with Crippen LogP contribution >= 0.6 is 24.8 Å². The monoisotopic (exact) mass is 304 g/mol. The highest BCUT2D eigenvalue weighted by Gasteiger charge is 2.28. The Labute approximate surface area is 127 Å². The molecule has 2 fully saturated rings. The zero-order valence-electron chi connectivity index (χ0n) is 11.0. The number of nitrogens with one attached hydrogen (secondary N) is 1. The van der Waals surface area contributed by atoms with Crippen molar-refractivity contribution >= 4 is 30.9 Å². The number of hydrogen-bond donors (Lipinski definition) is 1.